The zero-order valence-corrected chi connectivity index (χ0v) is 15.7. The molecule has 2 saturated heterocycles. The zero-order chi connectivity index (χ0) is 17.8. The Labute approximate surface area is 148 Å². The average Bonchev–Trinajstić information content (AvgIpc) is 3.13. The first-order valence-electron chi connectivity index (χ1n) is 8.85. The average molecular weight is 360 g/mol. The minimum atomic E-state index is -3.48. The van der Waals surface area contributed by atoms with Gasteiger partial charge in [0.05, 0.1) is 23.3 Å². The van der Waals surface area contributed by atoms with E-state index in [1.165, 1.54) is 0 Å². The lowest BCUT2D eigenvalue weighted by molar-refractivity contribution is 0.174. The summed E-state index contributed by atoms with van der Waals surface area (Å²) in [6, 6.07) is 4.20. The normalized spacial score (nSPS) is 26.9. The summed E-state index contributed by atoms with van der Waals surface area (Å²) in [5.74, 6) is 0. The molecule has 4 rings (SSSR count). The summed E-state index contributed by atoms with van der Waals surface area (Å²) in [6.45, 7) is 5.80. The van der Waals surface area contributed by atoms with Crippen LogP contribution >= 0.6 is 0 Å². The van der Waals surface area contributed by atoms with Crippen LogP contribution in [0, 0.1) is 20.8 Å². The standard InChI is InChI=1S/C18H24N4O2S/c1-12-8-13(2)18(14(3)9-12)25(23,24)21-15-4-5-16(21)11-17(10-15)22-19-6-7-20-22/h6-9,15-17H,4-5,10-11H2,1-3H3. The Hall–Kier alpha value is -1.73. The highest BCUT2D eigenvalue weighted by molar-refractivity contribution is 7.89. The minimum absolute atomic E-state index is 0.0415. The maximum absolute atomic E-state index is 13.5. The van der Waals surface area contributed by atoms with Gasteiger partial charge in [-0.2, -0.15) is 19.3 Å². The molecule has 2 unspecified atom stereocenters. The van der Waals surface area contributed by atoms with E-state index in [0.29, 0.717) is 4.90 Å². The Morgan fingerprint density at radius 1 is 0.920 bits per heavy atom. The molecule has 0 amide bonds. The van der Waals surface area contributed by atoms with E-state index in [2.05, 4.69) is 10.2 Å². The summed E-state index contributed by atoms with van der Waals surface area (Å²) in [5, 5.41) is 8.51. The fraction of sp³-hybridized carbons (Fsp3) is 0.556. The van der Waals surface area contributed by atoms with Gasteiger partial charge in [-0.05, 0) is 57.6 Å². The quantitative estimate of drug-likeness (QED) is 0.844. The van der Waals surface area contributed by atoms with E-state index in [1.807, 2.05) is 32.9 Å². The summed E-state index contributed by atoms with van der Waals surface area (Å²) >= 11 is 0. The van der Waals surface area contributed by atoms with Crippen molar-refractivity contribution in [1.82, 2.24) is 19.3 Å². The van der Waals surface area contributed by atoms with Crippen molar-refractivity contribution in [2.75, 3.05) is 0 Å². The third-order valence-electron chi connectivity index (χ3n) is 5.54. The number of hydrogen-bond acceptors (Lipinski definition) is 4. The molecule has 25 heavy (non-hydrogen) atoms. The van der Waals surface area contributed by atoms with Crippen molar-refractivity contribution in [3.63, 3.8) is 0 Å². The predicted octanol–water partition coefficient (Wildman–Crippen LogP) is 2.76. The van der Waals surface area contributed by atoms with E-state index in [1.54, 1.807) is 21.5 Å². The number of aryl methyl sites for hydroxylation is 3. The van der Waals surface area contributed by atoms with Gasteiger partial charge in [0.15, 0.2) is 0 Å². The molecule has 2 fully saturated rings. The van der Waals surface area contributed by atoms with E-state index >= 15 is 0 Å². The Morgan fingerprint density at radius 2 is 1.44 bits per heavy atom. The first-order chi connectivity index (χ1) is 11.9. The van der Waals surface area contributed by atoms with Crippen LogP contribution in [0.3, 0.4) is 0 Å². The van der Waals surface area contributed by atoms with Crippen molar-refractivity contribution in [2.24, 2.45) is 0 Å². The van der Waals surface area contributed by atoms with Gasteiger partial charge < -0.3 is 0 Å². The summed E-state index contributed by atoms with van der Waals surface area (Å²) in [7, 11) is -3.48. The van der Waals surface area contributed by atoms with E-state index in [0.717, 1.165) is 42.4 Å². The van der Waals surface area contributed by atoms with Crippen molar-refractivity contribution < 1.29 is 8.42 Å². The maximum atomic E-state index is 13.5. The van der Waals surface area contributed by atoms with E-state index < -0.39 is 10.0 Å². The molecule has 1 aromatic heterocycles. The number of piperidine rings is 1. The number of hydrogen-bond donors (Lipinski definition) is 0. The molecule has 7 heteroatoms. The zero-order valence-electron chi connectivity index (χ0n) is 14.9. The fourth-order valence-corrected chi connectivity index (χ4v) is 7.09. The topological polar surface area (TPSA) is 68.1 Å². The Morgan fingerprint density at radius 3 is 1.96 bits per heavy atom. The lowest BCUT2D eigenvalue weighted by atomic mass is 10.0. The predicted molar refractivity (Wildman–Crippen MR) is 94.8 cm³/mol. The van der Waals surface area contributed by atoms with Crippen molar-refractivity contribution in [3.8, 4) is 0 Å². The smallest absolute Gasteiger partial charge is 0.207 e. The van der Waals surface area contributed by atoms with Crippen LogP contribution in [-0.4, -0.2) is 39.8 Å². The minimum Gasteiger partial charge on any atom is -0.207 e. The monoisotopic (exact) mass is 360 g/mol. The second kappa shape index (κ2) is 5.92. The molecule has 0 radical (unpaired) electrons. The lowest BCUT2D eigenvalue weighted by Crippen LogP contribution is -2.47. The Kier molecular flexibility index (Phi) is 3.96. The van der Waals surface area contributed by atoms with Crippen LogP contribution in [0.4, 0.5) is 0 Å². The van der Waals surface area contributed by atoms with Gasteiger partial charge in [0.1, 0.15) is 0 Å². The second-order valence-corrected chi connectivity index (χ2v) is 9.20. The molecule has 0 spiro atoms. The summed E-state index contributed by atoms with van der Waals surface area (Å²) in [4.78, 5) is 2.24. The van der Waals surface area contributed by atoms with E-state index in [9.17, 15) is 8.42 Å². The summed E-state index contributed by atoms with van der Waals surface area (Å²) < 4.78 is 28.8. The van der Waals surface area contributed by atoms with Gasteiger partial charge in [-0.25, -0.2) is 8.42 Å². The molecular weight excluding hydrogens is 336 g/mol. The molecule has 0 aliphatic carbocycles. The fourth-order valence-electron chi connectivity index (χ4n) is 4.78. The molecule has 3 heterocycles. The summed E-state index contributed by atoms with van der Waals surface area (Å²) in [6.07, 6.45) is 6.79. The van der Waals surface area contributed by atoms with Gasteiger partial charge in [0, 0.05) is 12.1 Å². The number of nitrogens with zero attached hydrogens (tertiary/aromatic N) is 4. The highest BCUT2D eigenvalue weighted by Crippen LogP contribution is 2.44. The molecule has 1 aromatic carbocycles. The van der Waals surface area contributed by atoms with Gasteiger partial charge >= 0.3 is 0 Å². The van der Waals surface area contributed by atoms with Gasteiger partial charge in [-0.1, -0.05) is 17.7 Å². The van der Waals surface area contributed by atoms with Crippen LogP contribution in [0.25, 0.3) is 0 Å². The molecule has 2 bridgehead atoms. The molecule has 2 aliphatic rings. The summed E-state index contributed by atoms with van der Waals surface area (Å²) in [5.41, 5.74) is 2.78. The van der Waals surface area contributed by atoms with Crippen LogP contribution in [0.2, 0.25) is 0 Å². The third kappa shape index (κ3) is 2.69. The second-order valence-electron chi connectivity index (χ2n) is 7.42. The first-order valence-corrected chi connectivity index (χ1v) is 10.3. The van der Waals surface area contributed by atoms with Crippen LogP contribution in [0.5, 0.6) is 0 Å². The molecule has 2 atom stereocenters. The maximum Gasteiger partial charge on any atom is 0.244 e. The number of aromatic nitrogens is 3. The highest BCUT2D eigenvalue weighted by atomic mass is 32.2. The molecule has 2 aromatic rings. The van der Waals surface area contributed by atoms with Crippen LogP contribution in [0.1, 0.15) is 48.4 Å². The van der Waals surface area contributed by atoms with E-state index in [4.69, 9.17) is 0 Å². The molecular formula is C18H24N4O2S. The highest BCUT2D eigenvalue weighted by Gasteiger charge is 2.48. The lowest BCUT2D eigenvalue weighted by Gasteiger charge is -2.38. The van der Waals surface area contributed by atoms with Crippen molar-refractivity contribution >= 4 is 10.0 Å². The molecule has 2 aliphatic heterocycles. The van der Waals surface area contributed by atoms with Gasteiger partial charge in [0.25, 0.3) is 0 Å². The Balaban J connectivity index is 1.69. The van der Waals surface area contributed by atoms with Crippen LogP contribution in [-0.2, 0) is 10.0 Å². The number of rotatable bonds is 3. The molecule has 134 valence electrons. The first kappa shape index (κ1) is 16.7. The third-order valence-corrected chi connectivity index (χ3v) is 7.86. The Bertz CT molecular complexity index is 855. The number of sulfonamides is 1. The van der Waals surface area contributed by atoms with Crippen molar-refractivity contribution in [3.05, 3.63) is 41.2 Å². The van der Waals surface area contributed by atoms with E-state index in [-0.39, 0.29) is 18.1 Å². The van der Waals surface area contributed by atoms with Gasteiger partial charge in [-0.15, -0.1) is 0 Å². The van der Waals surface area contributed by atoms with Crippen molar-refractivity contribution in [1.29, 1.82) is 0 Å². The largest absolute Gasteiger partial charge is 0.244 e. The molecule has 0 N–H and O–H groups in total. The van der Waals surface area contributed by atoms with Crippen molar-refractivity contribution in [2.45, 2.75) is 69.5 Å². The number of fused-ring (bicyclic) bond motifs is 2. The van der Waals surface area contributed by atoms with Gasteiger partial charge in [0.2, 0.25) is 10.0 Å². The SMILES string of the molecule is Cc1cc(C)c(S(=O)(=O)N2C3CCC2CC(n2nccn2)C3)c(C)c1. The molecule has 0 saturated carbocycles. The van der Waals surface area contributed by atoms with Gasteiger partial charge in [-0.3, -0.25) is 0 Å². The van der Waals surface area contributed by atoms with Crippen LogP contribution < -0.4 is 0 Å². The molecule has 6 nitrogen and oxygen atoms in total. The number of benzene rings is 1. The van der Waals surface area contributed by atoms with Crippen LogP contribution in [0.15, 0.2) is 29.4 Å².